The summed E-state index contributed by atoms with van der Waals surface area (Å²) in [6.45, 7) is 5.73. The number of hydrogen-bond donors (Lipinski definition) is 2. The van der Waals surface area contributed by atoms with Crippen LogP contribution in [-0.2, 0) is 0 Å². The molecule has 0 heterocycles. The molecule has 0 saturated heterocycles. The van der Waals surface area contributed by atoms with Crippen molar-refractivity contribution in [1.82, 2.24) is 0 Å². The highest BCUT2D eigenvalue weighted by molar-refractivity contribution is 5.28. The average molecular weight is 194 g/mol. The van der Waals surface area contributed by atoms with Crippen LogP contribution in [0.25, 0.3) is 0 Å². The van der Waals surface area contributed by atoms with Crippen LogP contribution in [-0.4, -0.2) is 16.3 Å². The van der Waals surface area contributed by atoms with Crippen molar-refractivity contribution in [3.63, 3.8) is 0 Å². The van der Waals surface area contributed by atoms with Crippen molar-refractivity contribution < 1.29 is 10.2 Å². The fourth-order valence-electron chi connectivity index (χ4n) is 1.47. The van der Waals surface area contributed by atoms with Gasteiger partial charge in [-0.1, -0.05) is 38.1 Å². The molecular weight excluding hydrogens is 176 g/mol. The highest BCUT2D eigenvalue weighted by Gasteiger charge is 2.22. The minimum atomic E-state index is -0.781. The summed E-state index contributed by atoms with van der Waals surface area (Å²) in [4.78, 5) is 0. The van der Waals surface area contributed by atoms with Crippen LogP contribution in [0.5, 0.6) is 0 Å². The van der Waals surface area contributed by atoms with Gasteiger partial charge in [0.2, 0.25) is 0 Å². The Morgan fingerprint density at radius 3 is 2.14 bits per heavy atom. The quantitative estimate of drug-likeness (QED) is 0.773. The molecule has 14 heavy (non-hydrogen) atoms. The summed E-state index contributed by atoms with van der Waals surface area (Å²) in [6.07, 6.45) is -1.48. The molecule has 2 N–H and O–H groups in total. The Labute approximate surface area is 85.2 Å². The van der Waals surface area contributed by atoms with Crippen LogP contribution >= 0.6 is 0 Å². The largest absolute Gasteiger partial charge is 0.390 e. The third kappa shape index (κ3) is 2.34. The van der Waals surface area contributed by atoms with Crippen LogP contribution in [0.15, 0.2) is 24.3 Å². The van der Waals surface area contributed by atoms with Gasteiger partial charge in [0.15, 0.2) is 0 Å². The molecule has 0 bridgehead atoms. The number of aliphatic hydroxyl groups excluding tert-OH is 2. The van der Waals surface area contributed by atoms with E-state index in [1.54, 1.807) is 0 Å². The van der Waals surface area contributed by atoms with Crippen molar-refractivity contribution in [3.05, 3.63) is 35.4 Å². The zero-order chi connectivity index (χ0) is 10.7. The van der Waals surface area contributed by atoms with E-state index >= 15 is 0 Å². The van der Waals surface area contributed by atoms with Gasteiger partial charge in [0.1, 0.15) is 6.10 Å². The van der Waals surface area contributed by atoms with Gasteiger partial charge in [-0.2, -0.15) is 0 Å². The highest BCUT2D eigenvalue weighted by atomic mass is 16.3. The molecule has 0 aliphatic rings. The van der Waals surface area contributed by atoms with Crippen molar-refractivity contribution in [2.45, 2.75) is 33.0 Å². The van der Waals surface area contributed by atoms with Gasteiger partial charge in [0.05, 0.1) is 6.10 Å². The SMILES string of the molecule is Cc1ccccc1C(O)C(O)C(C)C. The van der Waals surface area contributed by atoms with Crippen LogP contribution in [0.4, 0.5) is 0 Å². The van der Waals surface area contributed by atoms with Gasteiger partial charge in [0.25, 0.3) is 0 Å². The summed E-state index contributed by atoms with van der Waals surface area (Å²) >= 11 is 0. The van der Waals surface area contributed by atoms with Gasteiger partial charge in [-0.3, -0.25) is 0 Å². The lowest BCUT2D eigenvalue weighted by atomic mass is 9.93. The second-order valence-corrected chi connectivity index (χ2v) is 4.04. The smallest absolute Gasteiger partial charge is 0.105 e. The number of hydrogen-bond acceptors (Lipinski definition) is 2. The van der Waals surface area contributed by atoms with Crippen LogP contribution in [0.1, 0.15) is 31.1 Å². The van der Waals surface area contributed by atoms with Gasteiger partial charge in [-0.05, 0) is 24.0 Å². The van der Waals surface area contributed by atoms with E-state index in [9.17, 15) is 10.2 Å². The second-order valence-electron chi connectivity index (χ2n) is 4.04. The first kappa shape index (κ1) is 11.2. The Morgan fingerprint density at radius 2 is 1.64 bits per heavy atom. The monoisotopic (exact) mass is 194 g/mol. The molecule has 0 fully saturated rings. The summed E-state index contributed by atoms with van der Waals surface area (Å²) in [5.74, 6) is 0.0598. The van der Waals surface area contributed by atoms with Crippen molar-refractivity contribution in [2.24, 2.45) is 5.92 Å². The maximum Gasteiger partial charge on any atom is 0.105 e. The molecule has 0 aliphatic carbocycles. The number of aliphatic hydroxyl groups is 2. The molecular formula is C12H18O2. The number of benzene rings is 1. The zero-order valence-corrected chi connectivity index (χ0v) is 8.94. The first-order chi connectivity index (χ1) is 6.54. The van der Waals surface area contributed by atoms with Gasteiger partial charge >= 0.3 is 0 Å². The first-order valence-electron chi connectivity index (χ1n) is 4.95. The fraction of sp³-hybridized carbons (Fsp3) is 0.500. The van der Waals surface area contributed by atoms with Crippen molar-refractivity contribution in [2.75, 3.05) is 0 Å². The van der Waals surface area contributed by atoms with Gasteiger partial charge in [0, 0.05) is 0 Å². The van der Waals surface area contributed by atoms with Crippen molar-refractivity contribution >= 4 is 0 Å². The summed E-state index contributed by atoms with van der Waals surface area (Å²) in [6, 6.07) is 7.59. The molecule has 0 aromatic heterocycles. The maximum atomic E-state index is 9.89. The molecule has 2 heteroatoms. The second kappa shape index (κ2) is 4.58. The summed E-state index contributed by atoms with van der Waals surface area (Å²) in [7, 11) is 0. The van der Waals surface area contributed by atoms with E-state index in [0.29, 0.717) is 0 Å². The molecule has 2 nitrogen and oxygen atoms in total. The minimum Gasteiger partial charge on any atom is -0.390 e. The molecule has 0 spiro atoms. The third-order valence-corrected chi connectivity index (χ3v) is 2.51. The summed E-state index contributed by atoms with van der Waals surface area (Å²) < 4.78 is 0. The van der Waals surface area contributed by atoms with Crippen LogP contribution in [0, 0.1) is 12.8 Å². The Morgan fingerprint density at radius 1 is 1.07 bits per heavy atom. The predicted octanol–water partition coefficient (Wildman–Crippen LogP) is 2.05. The lowest BCUT2D eigenvalue weighted by molar-refractivity contribution is -0.00971. The molecule has 2 atom stereocenters. The van der Waals surface area contributed by atoms with E-state index in [-0.39, 0.29) is 5.92 Å². The van der Waals surface area contributed by atoms with Crippen LogP contribution < -0.4 is 0 Å². The molecule has 1 rings (SSSR count). The predicted molar refractivity (Wildman–Crippen MR) is 57.0 cm³/mol. The van der Waals surface area contributed by atoms with Gasteiger partial charge < -0.3 is 10.2 Å². The van der Waals surface area contributed by atoms with E-state index in [1.165, 1.54) is 0 Å². The summed E-state index contributed by atoms with van der Waals surface area (Å²) in [5, 5.41) is 19.6. The average Bonchev–Trinajstić information content (AvgIpc) is 2.16. The molecule has 0 aliphatic heterocycles. The van der Waals surface area contributed by atoms with Gasteiger partial charge in [-0.15, -0.1) is 0 Å². The summed E-state index contributed by atoms with van der Waals surface area (Å²) in [5.41, 5.74) is 1.83. The standard InChI is InChI=1S/C12H18O2/c1-8(2)11(13)12(14)10-7-5-4-6-9(10)3/h4-8,11-14H,1-3H3. The minimum absolute atomic E-state index is 0.0598. The Hall–Kier alpha value is -0.860. The van der Waals surface area contributed by atoms with E-state index in [0.717, 1.165) is 11.1 Å². The first-order valence-corrected chi connectivity index (χ1v) is 4.95. The van der Waals surface area contributed by atoms with Crippen molar-refractivity contribution in [3.8, 4) is 0 Å². The Bertz CT molecular complexity index is 294. The molecule has 2 unspecified atom stereocenters. The van der Waals surface area contributed by atoms with E-state index in [4.69, 9.17) is 0 Å². The fourth-order valence-corrected chi connectivity index (χ4v) is 1.47. The molecule has 78 valence electrons. The van der Waals surface area contributed by atoms with E-state index in [1.807, 2.05) is 45.0 Å². The van der Waals surface area contributed by atoms with Crippen molar-refractivity contribution in [1.29, 1.82) is 0 Å². The molecule has 0 amide bonds. The van der Waals surface area contributed by atoms with Gasteiger partial charge in [-0.25, -0.2) is 0 Å². The lowest BCUT2D eigenvalue weighted by Gasteiger charge is -2.22. The van der Waals surface area contributed by atoms with Crippen LogP contribution in [0.3, 0.4) is 0 Å². The third-order valence-electron chi connectivity index (χ3n) is 2.51. The maximum absolute atomic E-state index is 9.89. The number of rotatable bonds is 3. The number of aryl methyl sites for hydroxylation is 1. The normalized spacial score (nSPS) is 15.6. The topological polar surface area (TPSA) is 40.5 Å². The van der Waals surface area contributed by atoms with Crippen LogP contribution in [0.2, 0.25) is 0 Å². The zero-order valence-electron chi connectivity index (χ0n) is 8.94. The Balaban J connectivity index is 2.89. The van der Waals surface area contributed by atoms with E-state index in [2.05, 4.69) is 0 Å². The lowest BCUT2D eigenvalue weighted by Crippen LogP contribution is -2.24. The molecule has 0 saturated carbocycles. The van der Waals surface area contributed by atoms with E-state index < -0.39 is 12.2 Å². The Kier molecular flexibility index (Phi) is 3.67. The molecule has 0 radical (unpaired) electrons. The highest BCUT2D eigenvalue weighted by Crippen LogP contribution is 2.24. The molecule has 1 aromatic rings. The molecule has 1 aromatic carbocycles.